The molecule has 0 radical (unpaired) electrons. The number of hydrogen-bond acceptors (Lipinski definition) is 2. The Bertz CT molecular complexity index is 534. The van der Waals surface area contributed by atoms with Crippen LogP contribution in [-0.4, -0.2) is 34.3 Å². The molecular formula is C16H25N3OS. The van der Waals surface area contributed by atoms with Crippen molar-refractivity contribution in [3.05, 3.63) is 30.3 Å². The van der Waals surface area contributed by atoms with E-state index in [0.29, 0.717) is 5.88 Å². The average molecular weight is 307 g/mol. The molecule has 1 aliphatic rings. The number of benzene rings is 1. The van der Waals surface area contributed by atoms with Gasteiger partial charge in [0.2, 0.25) is 0 Å². The van der Waals surface area contributed by atoms with Gasteiger partial charge in [0.1, 0.15) is 0 Å². The lowest BCUT2D eigenvalue weighted by Crippen LogP contribution is -2.54. The second kappa shape index (κ2) is 6.18. The third-order valence-corrected chi connectivity index (χ3v) is 5.08. The number of para-hydroxylation sites is 1. The van der Waals surface area contributed by atoms with Crippen LogP contribution in [0.2, 0.25) is 0 Å². The number of urea groups is 1. The summed E-state index contributed by atoms with van der Waals surface area (Å²) in [6, 6.07) is 10.2. The predicted octanol–water partition coefficient (Wildman–Crippen LogP) is 3.85. The summed E-state index contributed by atoms with van der Waals surface area (Å²) in [5, 5.41) is 0. The zero-order chi connectivity index (χ0) is 15.6. The van der Waals surface area contributed by atoms with Gasteiger partial charge in [-0.1, -0.05) is 28.9 Å². The van der Waals surface area contributed by atoms with Crippen LogP contribution in [-0.2, 0) is 10.7 Å². The number of carbonyl (C=O) groups is 1. The minimum atomic E-state index is -0.160. The molecule has 1 aliphatic heterocycles. The maximum absolute atomic E-state index is 12.7. The highest BCUT2D eigenvalue weighted by molar-refractivity contribution is 7.87. The number of amides is 2. The molecule has 1 saturated heterocycles. The van der Waals surface area contributed by atoms with Crippen molar-refractivity contribution in [2.24, 2.45) is 4.36 Å². The summed E-state index contributed by atoms with van der Waals surface area (Å²) in [5.74, 6) is 1.42. The summed E-state index contributed by atoms with van der Waals surface area (Å²) >= 11 is 0. The maximum atomic E-state index is 12.7. The van der Waals surface area contributed by atoms with E-state index in [4.69, 9.17) is 4.36 Å². The van der Waals surface area contributed by atoms with Gasteiger partial charge in [-0.05, 0) is 46.8 Å². The number of carbonyl (C=O) groups excluding carboxylic acids is 1. The Morgan fingerprint density at radius 3 is 2.29 bits per heavy atom. The lowest BCUT2D eigenvalue weighted by molar-refractivity contribution is 0.200. The minimum absolute atomic E-state index is 0.0749. The standard InChI is InChI=1S/C16H25N3OS/c1-13(2)18-11-21(17-16(3,4)5)12-19(15(18)20)14-9-7-6-8-10-14/h6-10,13H,11-12H2,1-5H3. The van der Waals surface area contributed by atoms with Crippen LogP contribution >= 0.6 is 0 Å². The molecule has 1 aromatic carbocycles. The average Bonchev–Trinajstić information content (AvgIpc) is 2.39. The molecule has 1 unspecified atom stereocenters. The Balaban J connectivity index is 2.35. The lowest BCUT2D eigenvalue weighted by Gasteiger charge is -2.39. The van der Waals surface area contributed by atoms with E-state index >= 15 is 0 Å². The van der Waals surface area contributed by atoms with Gasteiger partial charge in [-0.3, -0.25) is 9.26 Å². The van der Waals surface area contributed by atoms with Crippen molar-refractivity contribution >= 4 is 22.4 Å². The van der Waals surface area contributed by atoms with Gasteiger partial charge in [-0.2, -0.15) is 0 Å². The van der Waals surface area contributed by atoms with Crippen molar-refractivity contribution < 1.29 is 4.79 Å². The van der Waals surface area contributed by atoms with E-state index in [1.807, 2.05) is 40.1 Å². The summed E-state index contributed by atoms with van der Waals surface area (Å²) in [6.07, 6.45) is 0. The van der Waals surface area contributed by atoms with E-state index in [9.17, 15) is 4.79 Å². The molecule has 2 rings (SSSR count). The van der Waals surface area contributed by atoms with E-state index in [1.54, 1.807) is 0 Å². The van der Waals surface area contributed by atoms with Crippen LogP contribution in [0, 0.1) is 0 Å². The number of rotatable bonds is 2. The highest BCUT2D eigenvalue weighted by Crippen LogP contribution is 2.23. The van der Waals surface area contributed by atoms with E-state index in [-0.39, 0.29) is 28.3 Å². The summed E-state index contributed by atoms with van der Waals surface area (Å²) < 4.78 is 4.90. The molecule has 1 atom stereocenters. The van der Waals surface area contributed by atoms with Gasteiger partial charge < -0.3 is 4.90 Å². The van der Waals surface area contributed by atoms with Crippen LogP contribution in [0.1, 0.15) is 34.6 Å². The highest BCUT2D eigenvalue weighted by Gasteiger charge is 2.31. The van der Waals surface area contributed by atoms with Crippen molar-refractivity contribution in [2.45, 2.75) is 46.2 Å². The van der Waals surface area contributed by atoms with Crippen LogP contribution in [0.3, 0.4) is 0 Å². The molecule has 0 saturated carbocycles. The molecule has 0 bridgehead atoms. The van der Waals surface area contributed by atoms with Crippen molar-refractivity contribution in [3.8, 4) is 0 Å². The van der Waals surface area contributed by atoms with Gasteiger partial charge in [0, 0.05) is 11.7 Å². The molecule has 4 nitrogen and oxygen atoms in total. The maximum Gasteiger partial charge on any atom is 0.326 e. The molecule has 0 N–H and O–H groups in total. The SMILES string of the molecule is CC(C)N1CS(=NC(C)(C)C)CN(c2ccccc2)C1=O. The topological polar surface area (TPSA) is 35.9 Å². The van der Waals surface area contributed by atoms with Crippen molar-refractivity contribution in [1.29, 1.82) is 0 Å². The highest BCUT2D eigenvalue weighted by atomic mass is 32.2. The van der Waals surface area contributed by atoms with Gasteiger partial charge >= 0.3 is 6.03 Å². The molecule has 21 heavy (non-hydrogen) atoms. The van der Waals surface area contributed by atoms with E-state index in [0.717, 1.165) is 11.6 Å². The Morgan fingerprint density at radius 1 is 1.14 bits per heavy atom. The third-order valence-electron chi connectivity index (χ3n) is 3.14. The van der Waals surface area contributed by atoms with Crippen molar-refractivity contribution in [3.63, 3.8) is 0 Å². The fraction of sp³-hybridized carbons (Fsp3) is 0.562. The first-order valence-corrected chi connectivity index (χ1v) is 8.83. The number of hydrogen-bond donors (Lipinski definition) is 0. The summed E-state index contributed by atoms with van der Waals surface area (Å²) in [4.78, 5) is 16.5. The molecule has 2 amide bonds. The zero-order valence-electron chi connectivity index (χ0n) is 13.5. The molecule has 0 aromatic heterocycles. The first-order valence-electron chi connectivity index (χ1n) is 7.31. The minimum Gasteiger partial charge on any atom is -0.312 e. The van der Waals surface area contributed by atoms with Crippen molar-refractivity contribution in [2.75, 3.05) is 16.7 Å². The fourth-order valence-electron chi connectivity index (χ4n) is 2.22. The molecule has 1 fully saturated rings. The van der Waals surface area contributed by atoms with Crippen LogP contribution in [0.4, 0.5) is 10.5 Å². The zero-order valence-corrected chi connectivity index (χ0v) is 14.4. The number of nitrogens with zero attached hydrogens (tertiary/aromatic N) is 3. The van der Waals surface area contributed by atoms with Gasteiger partial charge in [0.05, 0.1) is 17.3 Å². The first kappa shape index (κ1) is 16.0. The second-order valence-corrected chi connectivity index (χ2v) is 8.22. The lowest BCUT2D eigenvalue weighted by atomic mass is 10.1. The van der Waals surface area contributed by atoms with Gasteiger partial charge in [-0.25, -0.2) is 4.79 Å². The Morgan fingerprint density at radius 2 is 1.76 bits per heavy atom. The molecular weight excluding hydrogens is 282 g/mol. The predicted molar refractivity (Wildman–Crippen MR) is 90.6 cm³/mol. The van der Waals surface area contributed by atoms with E-state index < -0.39 is 0 Å². The Hall–Kier alpha value is -1.36. The van der Waals surface area contributed by atoms with Crippen LogP contribution in [0.25, 0.3) is 0 Å². The Labute approximate surface area is 130 Å². The first-order chi connectivity index (χ1) is 9.78. The van der Waals surface area contributed by atoms with Crippen molar-refractivity contribution in [1.82, 2.24) is 4.90 Å². The summed E-state index contributed by atoms with van der Waals surface area (Å²) in [5.41, 5.74) is 0.878. The fourth-order valence-corrected chi connectivity index (χ4v) is 4.48. The Kier molecular flexibility index (Phi) is 4.71. The second-order valence-electron chi connectivity index (χ2n) is 6.59. The normalized spacial score (nSPS) is 20.5. The van der Waals surface area contributed by atoms with Crippen LogP contribution in [0.15, 0.2) is 34.7 Å². The molecule has 1 aromatic rings. The van der Waals surface area contributed by atoms with E-state index in [1.165, 1.54) is 0 Å². The molecule has 1 heterocycles. The van der Waals surface area contributed by atoms with Crippen LogP contribution in [0.5, 0.6) is 0 Å². The molecule has 116 valence electrons. The molecule has 5 heteroatoms. The summed E-state index contributed by atoms with van der Waals surface area (Å²) in [7, 11) is -0.160. The quantitative estimate of drug-likeness (QED) is 0.817. The third kappa shape index (κ3) is 4.06. The largest absolute Gasteiger partial charge is 0.326 e. The smallest absolute Gasteiger partial charge is 0.312 e. The molecule has 0 spiro atoms. The van der Waals surface area contributed by atoms with Gasteiger partial charge in [0.25, 0.3) is 0 Å². The van der Waals surface area contributed by atoms with E-state index in [2.05, 4.69) is 34.6 Å². The van der Waals surface area contributed by atoms with Gasteiger partial charge in [-0.15, -0.1) is 0 Å². The van der Waals surface area contributed by atoms with Crippen LogP contribution < -0.4 is 4.90 Å². The van der Waals surface area contributed by atoms with Gasteiger partial charge in [0.15, 0.2) is 0 Å². The summed E-state index contributed by atoms with van der Waals surface area (Å²) in [6.45, 7) is 10.5. The molecule has 0 aliphatic carbocycles. The monoisotopic (exact) mass is 307 g/mol. The number of anilines is 1.